The van der Waals surface area contributed by atoms with Crippen molar-refractivity contribution in [1.82, 2.24) is 0 Å². The molecule has 1 aliphatic carbocycles. The van der Waals surface area contributed by atoms with Gasteiger partial charge >= 0.3 is 6.11 Å². The van der Waals surface area contributed by atoms with Crippen molar-refractivity contribution < 1.29 is 40.6 Å². The van der Waals surface area contributed by atoms with Gasteiger partial charge in [-0.1, -0.05) is 19.1 Å². The largest absolute Gasteiger partial charge is 0.432 e. The molecular formula is C31H27F6NO3. The average molecular weight is 576 g/mol. The van der Waals surface area contributed by atoms with Crippen molar-refractivity contribution in [2.75, 3.05) is 13.2 Å². The summed E-state index contributed by atoms with van der Waals surface area (Å²) in [6.07, 6.45) is -3.49. The molecule has 1 heterocycles. The minimum atomic E-state index is -3.62. The van der Waals surface area contributed by atoms with Crippen molar-refractivity contribution in [3.8, 4) is 22.9 Å². The summed E-state index contributed by atoms with van der Waals surface area (Å²) in [5.41, 5.74) is -0.218. The maximum Gasteiger partial charge on any atom is 0.400 e. The first kappa shape index (κ1) is 29.0. The summed E-state index contributed by atoms with van der Waals surface area (Å²) in [4.78, 5) is 0. The summed E-state index contributed by atoms with van der Waals surface area (Å²) >= 11 is 0. The third-order valence-corrected chi connectivity index (χ3v) is 7.66. The molecule has 0 atom stereocenters. The van der Waals surface area contributed by atoms with E-state index in [2.05, 4.69) is 0 Å². The van der Waals surface area contributed by atoms with E-state index in [1.807, 2.05) is 6.92 Å². The first-order valence-corrected chi connectivity index (χ1v) is 13.3. The molecule has 41 heavy (non-hydrogen) atoms. The third kappa shape index (κ3) is 6.21. The van der Waals surface area contributed by atoms with Crippen LogP contribution in [0.5, 0.6) is 5.75 Å². The van der Waals surface area contributed by atoms with Crippen LogP contribution in [0.1, 0.15) is 61.5 Å². The maximum atomic E-state index is 15.1. The Hall–Kier alpha value is -3.55. The molecule has 0 bridgehead atoms. The molecule has 0 aromatic heterocycles. The minimum absolute atomic E-state index is 0.0654. The molecule has 0 N–H and O–H groups in total. The van der Waals surface area contributed by atoms with Crippen molar-refractivity contribution >= 4 is 0 Å². The van der Waals surface area contributed by atoms with Crippen molar-refractivity contribution in [2.45, 2.75) is 50.9 Å². The molecule has 1 aliphatic heterocycles. The molecule has 2 fully saturated rings. The van der Waals surface area contributed by atoms with Crippen LogP contribution in [0, 0.1) is 46.4 Å². The minimum Gasteiger partial charge on any atom is -0.432 e. The highest BCUT2D eigenvalue weighted by Crippen LogP contribution is 2.44. The van der Waals surface area contributed by atoms with E-state index in [-0.39, 0.29) is 35.8 Å². The lowest BCUT2D eigenvalue weighted by Crippen LogP contribution is -2.37. The highest BCUT2D eigenvalue weighted by atomic mass is 19.3. The van der Waals surface area contributed by atoms with Gasteiger partial charge in [0.15, 0.2) is 6.29 Å². The number of nitriles is 1. The zero-order valence-corrected chi connectivity index (χ0v) is 22.1. The predicted molar refractivity (Wildman–Crippen MR) is 137 cm³/mol. The lowest BCUT2D eigenvalue weighted by atomic mass is 9.78. The van der Waals surface area contributed by atoms with Crippen molar-refractivity contribution in [3.63, 3.8) is 0 Å². The number of hydrogen-bond acceptors (Lipinski definition) is 4. The average Bonchev–Trinajstić information content (AvgIpc) is 2.93. The lowest BCUT2D eigenvalue weighted by Gasteiger charge is -2.34. The van der Waals surface area contributed by atoms with Crippen molar-refractivity contribution in [2.24, 2.45) is 11.8 Å². The van der Waals surface area contributed by atoms with Crippen molar-refractivity contribution in [3.05, 3.63) is 88.5 Å². The summed E-state index contributed by atoms with van der Waals surface area (Å²) < 4.78 is 104. The van der Waals surface area contributed by atoms with Gasteiger partial charge in [0, 0.05) is 23.1 Å². The van der Waals surface area contributed by atoms with Gasteiger partial charge in [0.2, 0.25) is 0 Å². The van der Waals surface area contributed by atoms with E-state index >= 15 is 8.78 Å². The molecule has 10 heteroatoms. The van der Waals surface area contributed by atoms with Crippen LogP contribution in [0.4, 0.5) is 26.3 Å². The number of halogens is 6. The topological polar surface area (TPSA) is 51.5 Å². The molecule has 2 aliphatic rings. The van der Waals surface area contributed by atoms with Crippen LogP contribution in [-0.4, -0.2) is 19.3 Å². The second kappa shape index (κ2) is 11.7. The first-order valence-electron chi connectivity index (χ1n) is 13.3. The fourth-order valence-corrected chi connectivity index (χ4v) is 5.42. The van der Waals surface area contributed by atoms with E-state index in [9.17, 15) is 17.6 Å². The van der Waals surface area contributed by atoms with Crippen LogP contribution in [0.2, 0.25) is 0 Å². The van der Waals surface area contributed by atoms with Crippen LogP contribution in [-0.2, 0) is 9.47 Å². The smallest absolute Gasteiger partial charge is 0.400 e. The summed E-state index contributed by atoms with van der Waals surface area (Å²) in [6, 6.07) is 10.6. The Balaban J connectivity index is 1.22. The van der Waals surface area contributed by atoms with E-state index in [1.165, 1.54) is 12.1 Å². The van der Waals surface area contributed by atoms with Gasteiger partial charge < -0.3 is 14.2 Å². The molecule has 3 aromatic rings. The Morgan fingerprint density at radius 3 is 2.07 bits per heavy atom. The van der Waals surface area contributed by atoms with Gasteiger partial charge in [0.05, 0.1) is 19.1 Å². The standard InChI is InChI=1S/C31H27F6NO3/c1-17-15-39-30(40-16-17)19-4-8-23(26(32)10-19)18-2-5-21(6-3-18)31(36,37)41-22-7-9-24(29(35)13-22)20-11-27(33)25(14-38)28(34)12-20/h4,7-13,17-18,21,30H,2-3,5-6,15-16H2,1H3. The SMILES string of the molecule is CC1COC(c2ccc(C3CCC(C(F)(F)Oc4ccc(-c5cc(F)c(C#N)c(F)c5)c(F)c4)CC3)c(F)c2)OC1. The fraction of sp³-hybridized carbons (Fsp3) is 0.387. The van der Waals surface area contributed by atoms with Gasteiger partial charge in [-0.15, -0.1) is 0 Å². The molecule has 4 nitrogen and oxygen atoms in total. The molecule has 1 saturated heterocycles. The number of nitrogens with zero attached hydrogens (tertiary/aromatic N) is 1. The van der Waals surface area contributed by atoms with Crippen LogP contribution in [0.3, 0.4) is 0 Å². The zero-order chi connectivity index (χ0) is 29.3. The first-order chi connectivity index (χ1) is 19.6. The van der Waals surface area contributed by atoms with E-state index in [0.717, 1.165) is 30.3 Å². The van der Waals surface area contributed by atoms with Crippen LogP contribution in [0.15, 0.2) is 48.5 Å². The second-order valence-electron chi connectivity index (χ2n) is 10.7. The Morgan fingerprint density at radius 1 is 0.829 bits per heavy atom. The number of hydrogen-bond donors (Lipinski definition) is 0. The predicted octanol–water partition coefficient (Wildman–Crippen LogP) is 8.41. The van der Waals surface area contributed by atoms with Crippen LogP contribution < -0.4 is 4.74 Å². The van der Waals surface area contributed by atoms with E-state index in [1.54, 1.807) is 12.1 Å². The quantitative estimate of drug-likeness (QED) is 0.277. The van der Waals surface area contributed by atoms with Crippen LogP contribution >= 0.6 is 0 Å². The summed E-state index contributed by atoms with van der Waals surface area (Å²) in [7, 11) is 0. The third-order valence-electron chi connectivity index (χ3n) is 7.66. The molecule has 3 aromatic carbocycles. The second-order valence-corrected chi connectivity index (χ2v) is 10.7. The molecule has 5 rings (SSSR count). The van der Waals surface area contributed by atoms with Crippen LogP contribution in [0.25, 0.3) is 11.1 Å². The number of rotatable bonds is 6. The number of ether oxygens (including phenoxy) is 3. The van der Waals surface area contributed by atoms with E-state index in [0.29, 0.717) is 37.2 Å². The van der Waals surface area contributed by atoms with E-state index < -0.39 is 52.9 Å². The highest BCUT2D eigenvalue weighted by molar-refractivity contribution is 5.66. The highest BCUT2D eigenvalue weighted by Gasteiger charge is 2.44. The molecule has 0 amide bonds. The molecule has 0 radical (unpaired) electrons. The summed E-state index contributed by atoms with van der Waals surface area (Å²) in [5.74, 6) is -5.39. The van der Waals surface area contributed by atoms with Gasteiger partial charge in [-0.2, -0.15) is 14.0 Å². The summed E-state index contributed by atoms with van der Waals surface area (Å²) in [5, 5.41) is 8.80. The van der Waals surface area contributed by atoms with Gasteiger partial charge in [0.1, 0.15) is 40.7 Å². The monoisotopic (exact) mass is 575 g/mol. The Kier molecular flexibility index (Phi) is 8.30. The Bertz CT molecular complexity index is 1430. The zero-order valence-electron chi connectivity index (χ0n) is 22.1. The molecular weight excluding hydrogens is 548 g/mol. The van der Waals surface area contributed by atoms with Gasteiger partial charge in [-0.3, -0.25) is 0 Å². The number of alkyl halides is 2. The lowest BCUT2D eigenvalue weighted by molar-refractivity contribution is -0.222. The molecule has 0 spiro atoms. The maximum absolute atomic E-state index is 15.1. The summed E-state index contributed by atoms with van der Waals surface area (Å²) in [6.45, 7) is 3.02. The molecule has 1 saturated carbocycles. The van der Waals surface area contributed by atoms with Gasteiger partial charge in [0.25, 0.3) is 0 Å². The Labute approximate surface area is 233 Å². The Morgan fingerprint density at radius 2 is 1.49 bits per heavy atom. The number of benzene rings is 3. The molecule has 0 unspecified atom stereocenters. The van der Waals surface area contributed by atoms with Crippen molar-refractivity contribution in [1.29, 1.82) is 5.26 Å². The molecule has 216 valence electrons. The van der Waals surface area contributed by atoms with Gasteiger partial charge in [-0.05, 0) is 73.1 Å². The fourth-order valence-electron chi connectivity index (χ4n) is 5.42. The van der Waals surface area contributed by atoms with Gasteiger partial charge in [-0.25, -0.2) is 17.6 Å². The normalized spacial score (nSPS) is 23.2. The van der Waals surface area contributed by atoms with E-state index in [4.69, 9.17) is 19.5 Å².